The SMILES string of the molecule is Cc1cc2c(cc1S(=O)(=O)N1CCC(C(=O)NCc3ccccn3)CC1)O[C@@H](C)C(=O)N2. The first-order valence-electron chi connectivity index (χ1n) is 10.6. The Morgan fingerprint density at radius 3 is 2.72 bits per heavy atom. The number of nitrogens with one attached hydrogen (secondary N) is 2. The van der Waals surface area contributed by atoms with E-state index in [1.165, 1.54) is 10.4 Å². The number of sulfonamides is 1. The number of amides is 2. The van der Waals surface area contributed by atoms with Crippen LogP contribution in [-0.2, 0) is 26.2 Å². The molecule has 10 heteroatoms. The van der Waals surface area contributed by atoms with E-state index in [-0.39, 0.29) is 35.7 Å². The van der Waals surface area contributed by atoms with Crippen LogP contribution in [0.3, 0.4) is 0 Å². The lowest BCUT2D eigenvalue weighted by atomic mass is 9.97. The normalized spacial score (nSPS) is 19.6. The number of carbonyl (C=O) groups is 2. The van der Waals surface area contributed by atoms with Gasteiger partial charge in [0.25, 0.3) is 5.91 Å². The summed E-state index contributed by atoms with van der Waals surface area (Å²) in [5, 5.41) is 5.61. The third kappa shape index (κ3) is 4.46. The summed E-state index contributed by atoms with van der Waals surface area (Å²) in [5.74, 6) is -0.258. The molecule has 0 radical (unpaired) electrons. The molecule has 0 bridgehead atoms. The molecule has 0 saturated carbocycles. The average Bonchev–Trinajstić information content (AvgIpc) is 2.79. The van der Waals surface area contributed by atoms with E-state index in [2.05, 4.69) is 15.6 Å². The van der Waals surface area contributed by atoms with Crippen molar-refractivity contribution in [1.29, 1.82) is 0 Å². The molecule has 4 rings (SSSR count). The van der Waals surface area contributed by atoms with Crippen molar-refractivity contribution in [3.05, 3.63) is 47.8 Å². The number of pyridine rings is 1. The van der Waals surface area contributed by atoms with Gasteiger partial charge in [0.2, 0.25) is 15.9 Å². The van der Waals surface area contributed by atoms with E-state index in [0.717, 1.165) is 5.69 Å². The fourth-order valence-electron chi connectivity index (χ4n) is 3.94. The van der Waals surface area contributed by atoms with Crippen LogP contribution in [0.4, 0.5) is 5.69 Å². The molecule has 0 aliphatic carbocycles. The van der Waals surface area contributed by atoms with E-state index in [9.17, 15) is 18.0 Å². The molecule has 3 heterocycles. The lowest BCUT2D eigenvalue weighted by Gasteiger charge is -2.31. The smallest absolute Gasteiger partial charge is 0.265 e. The number of carbonyl (C=O) groups excluding carboxylic acids is 2. The number of aromatic nitrogens is 1. The van der Waals surface area contributed by atoms with Gasteiger partial charge in [-0.3, -0.25) is 14.6 Å². The van der Waals surface area contributed by atoms with E-state index < -0.39 is 16.1 Å². The van der Waals surface area contributed by atoms with Crippen molar-refractivity contribution in [2.75, 3.05) is 18.4 Å². The van der Waals surface area contributed by atoms with Crippen molar-refractivity contribution in [3.8, 4) is 5.75 Å². The minimum atomic E-state index is -3.76. The number of ether oxygens (including phenoxy) is 1. The maximum atomic E-state index is 13.3. The number of benzene rings is 1. The molecule has 2 N–H and O–H groups in total. The molecule has 1 fully saturated rings. The third-order valence-electron chi connectivity index (χ3n) is 5.82. The van der Waals surface area contributed by atoms with Crippen LogP contribution in [0.15, 0.2) is 41.4 Å². The first-order chi connectivity index (χ1) is 15.3. The first kappa shape index (κ1) is 22.2. The van der Waals surface area contributed by atoms with Crippen LogP contribution < -0.4 is 15.4 Å². The van der Waals surface area contributed by atoms with E-state index in [4.69, 9.17) is 4.74 Å². The monoisotopic (exact) mass is 458 g/mol. The summed E-state index contributed by atoms with van der Waals surface area (Å²) in [4.78, 5) is 28.7. The average molecular weight is 459 g/mol. The summed E-state index contributed by atoms with van der Waals surface area (Å²) in [6, 6.07) is 8.60. The highest BCUT2D eigenvalue weighted by Gasteiger charge is 2.34. The van der Waals surface area contributed by atoms with Gasteiger partial charge in [-0.1, -0.05) is 6.07 Å². The van der Waals surface area contributed by atoms with Crippen LogP contribution in [0.1, 0.15) is 31.0 Å². The Morgan fingerprint density at radius 1 is 1.28 bits per heavy atom. The summed E-state index contributed by atoms with van der Waals surface area (Å²) >= 11 is 0. The molecule has 0 spiro atoms. The van der Waals surface area contributed by atoms with Crippen molar-refractivity contribution in [2.45, 2.75) is 44.2 Å². The summed E-state index contributed by atoms with van der Waals surface area (Å²) in [6.07, 6.45) is 1.87. The zero-order valence-corrected chi connectivity index (χ0v) is 18.8. The van der Waals surface area contributed by atoms with E-state index in [0.29, 0.717) is 36.4 Å². The first-order valence-corrected chi connectivity index (χ1v) is 12.0. The van der Waals surface area contributed by atoms with Gasteiger partial charge in [-0.2, -0.15) is 4.31 Å². The van der Waals surface area contributed by atoms with E-state index >= 15 is 0 Å². The Labute approximate surface area is 187 Å². The molecule has 1 aromatic carbocycles. The predicted molar refractivity (Wildman–Crippen MR) is 117 cm³/mol. The van der Waals surface area contributed by atoms with Crippen molar-refractivity contribution >= 4 is 27.5 Å². The number of fused-ring (bicyclic) bond motifs is 1. The maximum absolute atomic E-state index is 13.3. The number of nitrogens with zero attached hydrogens (tertiary/aromatic N) is 2. The highest BCUT2D eigenvalue weighted by molar-refractivity contribution is 7.89. The Hall–Kier alpha value is -2.98. The number of rotatable bonds is 5. The van der Waals surface area contributed by atoms with Crippen LogP contribution in [0, 0.1) is 12.8 Å². The molecule has 0 unspecified atom stereocenters. The maximum Gasteiger partial charge on any atom is 0.265 e. The predicted octanol–water partition coefficient (Wildman–Crippen LogP) is 1.83. The molecule has 32 heavy (non-hydrogen) atoms. The standard InChI is InChI=1S/C22H26N4O5S/c1-14-11-18-19(31-15(2)21(27)25-18)12-20(14)32(29,30)26-9-6-16(7-10-26)22(28)24-13-17-5-3-4-8-23-17/h3-5,8,11-12,15-16H,6-7,9-10,13H2,1-2H3,(H,24,28)(H,25,27)/t15-/m0/s1. The topological polar surface area (TPSA) is 118 Å². The molecule has 2 aliphatic heterocycles. The van der Waals surface area contributed by atoms with Gasteiger partial charge < -0.3 is 15.4 Å². The Balaban J connectivity index is 1.41. The van der Waals surface area contributed by atoms with Crippen LogP contribution in [0.25, 0.3) is 0 Å². The molecule has 2 aliphatic rings. The second kappa shape index (κ2) is 8.87. The van der Waals surface area contributed by atoms with Crippen LogP contribution in [-0.4, -0.2) is 48.7 Å². The molecule has 2 aromatic rings. The second-order valence-corrected chi connectivity index (χ2v) is 9.99. The van der Waals surface area contributed by atoms with Gasteiger partial charge in [-0.15, -0.1) is 0 Å². The van der Waals surface area contributed by atoms with Gasteiger partial charge in [-0.05, 0) is 50.5 Å². The van der Waals surface area contributed by atoms with Gasteiger partial charge in [-0.25, -0.2) is 8.42 Å². The second-order valence-electron chi connectivity index (χ2n) is 8.08. The summed E-state index contributed by atoms with van der Waals surface area (Å²) in [7, 11) is -3.76. The Bertz CT molecular complexity index is 1130. The summed E-state index contributed by atoms with van der Waals surface area (Å²) in [6.45, 7) is 4.16. The minimum absolute atomic E-state index is 0.0872. The van der Waals surface area contributed by atoms with E-state index in [1.54, 1.807) is 26.1 Å². The van der Waals surface area contributed by atoms with Crippen LogP contribution >= 0.6 is 0 Å². The summed E-state index contributed by atoms with van der Waals surface area (Å²) < 4.78 is 33.6. The van der Waals surface area contributed by atoms with Crippen molar-refractivity contribution in [3.63, 3.8) is 0 Å². The van der Waals surface area contributed by atoms with E-state index in [1.807, 2.05) is 18.2 Å². The molecular weight excluding hydrogens is 432 g/mol. The minimum Gasteiger partial charge on any atom is -0.479 e. The molecule has 170 valence electrons. The van der Waals surface area contributed by atoms with Crippen molar-refractivity contribution in [2.24, 2.45) is 5.92 Å². The van der Waals surface area contributed by atoms with Gasteiger partial charge in [0.05, 0.1) is 22.8 Å². The number of hydrogen-bond acceptors (Lipinski definition) is 6. The molecule has 1 saturated heterocycles. The Kier molecular flexibility index (Phi) is 6.16. The summed E-state index contributed by atoms with van der Waals surface area (Å²) in [5.41, 5.74) is 1.77. The van der Waals surface area contributed by atoms with Crippen LogP contribution in [0.5, 0.6) is 5.75 Å². The lowest BCUT2D eigenvalue weighted by molar-refractivity contribution is -0.126. The molecule has 2 amide bonds. The third-order valence-corrected chi connectivity index (χ3v) is 7.86. The van der Waals surface area contributed by atoms with Gasteiger partial charge in [0, 0.05) is 31.3 Å². The quantitative estimate of drug-likeness (QED) is 0.706. The largest absolute Gasteiger partial charge is 0.479 e. The van der Waals surface area contributed by atoms with Gasteiger partial charge in [0.15, 0.2) is 6.10 Å². The van der Waals surface area contributed by atoms with Crippen LogP contribution in [0.2, 0.25) is 0 Å². The molecule has 1 aromatic heterocycles. The number of anilines is 1. The number of aryl methyl sites for hydroxylation is 1. The van der Waals surface area contributed by atoms with Gasteiger partial charge >= 0.3 is 0 Å². The number of hydrogen-bond donors (Lipinski definition) is 2. The fraction of sp³-hybridized carbons (Fsp3) is 0.409. The fourth-order valence-corrected chi connectivity index (χ4v) is 5.63. The number of piperidine rings is 1. The zero-order chi connectivity index (χ0) is 22.9. The van der Waals surface area contributed by atoms with Crippen molar-refractivity contribution < 1.29 is 22.7 Å². The van der Waals surface area contributed by atoms with Crippen molar-refractivity contribution in [1.82, 2.24) is 14.6 Å². The van der Waals surface area contributed by atoms with Gasteiger partial charge in [0.1, 0.15) is 5.75 Å². The molecule has 9 nitrogen and oxygen atoms in total. The lowest BCUT2D eigenvalue weighted by Crippen LogP contribution is -2.43. The molecule has 1 atom stereocenters. The highest BCUT2D eigenvalue weighted by Crippen LogP contribution is 2.36. The Morgan fingerprint density at radius 2 is 2.03 bits per heavy atom. The zero-order valence-electron chi connectivity index (χ0n) is 18.0. The highest BCUT2D eigenvalue weighted by atomic mass is 32.2. The molecular formula is C22H26N4O5S.